The van der Waals surface area contributed by atoms with Gasteiger partial charge in [0.15, 0.2) is 0 Å². The first kappa shape index (κ1) is 27.2. The van der Waals surface area contributed by atoms with Crippen molar-refractivity contribution in [3.8, 4) is 5.75 Å². The van der Waals surface area contributed by atoms with Crippen molar-refractivity contribution >= 4 is 28.8 Å². The molecule has 8 heteroatoms. The average Bonchev–Trinajstić information content (AvgIpc) is 3.49. The molecule has 0 radical (unpaired) electrons. The van der Waals surface area contributed by atoms with E-state index in [0.717, 1.165) is 48.9 Å². The molecule has 0 spiro atoms. The van der Waals surface area contributed by atoms with Crippen LogP contribution in [0.15, 0.2) is 66.0 Å². The van der Waals surface area contributed by atoms with Gasteiger partial charge in [-0.05, 0) is 53.3 Å². The molecule has 1 saturated heterocycles. The molecule has 7 nitrogen and oxygen atoms in total. The largest absolute Gasteiger partial charge is 0.497 e. The van der Waals surface area contributed by atoms with E-state index in [0.29, 0.717) is 24.6 Å². The van der Waals surface area contributed by atoms with Crippen LogP contribution in [0.4, 0.5) is 5.69 Å². The number of ether oxygens (including phenoxy) is 1. The Labute approximate surface area is 235 Å². The first-order valence-corrected chi connectivity index (χ1v) is 14.7. The summed E-state index contributed by atoms with van der Waals surface area (Å²) in [5, 5.41) is 5.26. The smallest absolute Gasteiger partial charge is 0.254 e. The molecule has 3 heterocycles. The molecule has 2 aromatic carbocycles. The standard InChI is InChI=1S/C31H38N4O3S/c1-22(2)21-35-29(27-9-6-20-39-27)28(25-7-4-5-8-26(25)31(35)37)30(36)32-14-15-33-16-18-34(19-17-33)23-10-12-24(38-3)13-11-23/h4-13,20,22,28-29H,14-19,21H2,1-3H3,(H,32,36)/t28-,29+/m1/s1. The molecule has 2 amide bonds. The van der Waals surface area contributed by atoms with Crippen molar-refractivity contribution in [2.24, 2.45) is 5.92 Å². The Morgan fingerprint density at radius 3 is 2.44 bits per heavy atom. The van der Waals surface area contributed by atoms with Crippen molar-refractivity contribution in [3.05, 3.63) is 82.0 Å². The Hall–Kier alpha value is -3.36. The van der Waals surface area contributed by atoms with Gasteiger partial charge in [-0.1, -0.05) is 38.1 Å². The lowest BCUT2D eigenvalue weighted by Crippen LogP contribution is -2.50. The summed E-state index contributed by atoms with van der Waals surface area (Å²) < 4.78 is 5.28. The monoisotopic (exact) mass is 546 g/mol. The first-order chi connectivity index (χ1) is 19.0. The summed E-state index contributed by atoms with van der Waals surface area (Å²) >= 11 is 1.61. The summed E-state index contributed by atoms with van der Waals surface area (Å²) in [6.07, 6.45) is 0. The second-order valence-electron chi connectivity index (χ2n) is 10.7. The van der Waals surface area contributed by atoms with E-state index in [-0.39, 0.29) is 17.9 Å². The zero-order valence-electron chi connectivity index (χ0n) is 23.0. The minimum Gasteiger partial charge on any atom is -0.497 e. The summed E-state index contributed by atoms with van der Waals surface area (Å²) in [5.74, 6) is 0.715. The Morgan fingerprint density at radius 1 is 1.03 bits per heavy atom. The molecule has 1 fully saturated rings. The van der Waals surface area contributed by atoms with Gasteiger partial charge in [-0.25, -0.2) is 0 Å². The van der Waals surface area contributed by atoms with Crippen molar-refractivity contribution in [2.45, 2.75) is 25.8 Å². The lowest BCUT2D eigenvalue weighted by Gasteiger charge is -2.42. The first-order valence-electron chi connectivity index (χ1n) is 13.8. The van der Waals surface area contributed by atoms with Gasteiger partial charge in [0.05, 0.1) is 19.1 Å². The maximum Gasteiger partial charge on any atom is 0.254 e. The number of fused-ring (bicyclic) bond motifs is 1. The number of carbonyl (C=O) groups excluding carboxylic acids is 2. The van der Waals surface area contributed by atoms with Crippen LogP contribution in [0.1, 0.15) is 46.6 Å². The van der Waals surface area contributed by atoms with E-state index in [1.165, 1.54) is 5.69 Å². The number of benzene rings is 2. The van der Waals surface area contributed by atoms with Gasteiger partial charge in [0.25, 0.3) is 5.91 Å². The predicted molar refractivity (Wildman–Crippen MR) is 157 cm³/mol. The van der Waals surface area contributed by atoms with Gasteiger partial charge in [-0.15, -0.1) is 11.3 Å². The third kappa shape index (κ3) is 5.97. The van der Waals surface area contributed by atoms with Crippen molar-refractivity contribution in [2.75, 3.05) is 57.8 Å². The molecule has 2 atom stereocenters. The zero-order valence-corrected chi connectivity index (χ0v) is 23.8. The highest BCUT2D eigenvalue weighted by molar-refractivity contribution is 7.10. The highest BCUT2D eigenvalue weighted by Crippen LogP contribution is 2.44. The highest BCUT2D eigenvalue weighted by atomic mass is 32.1. The van der Waals surface area contributed by atoms with Gasteiger partial charge >= 0.3 is 0 Å². The van der Waals surface area contributed by atoms with Gasteiger partial charge in [-0.3, -0.25) is 14.5 Å². The van der Waals surface area contributed by atoms with E-state index in [1.807, 2.05) is 58.8 Å². The van der Waals surface area contributed by atoms with E-state index in [9.17, 15) is 9.59 Å². The maximum atomic E-state index is 13.9. The van der Waals surface area contributed by atoms with E-state index in [4.69, 9.17) is 4.74 Å². The fourth-order valence-electron chi connectivity index (χ4n) is 5.72. The number of amides is 2. The minimum atomic E-state index is -0.441. The number of anilines is 1. The number of hydrogen-bond donors (Lipinski definition) is 1. The molecular weight excluding hydrogens is 508 g/mol. The molecule has 39 heavy (non-hydrogen) atoms. The Morgan fingerprint density at radius 2 is 1.77 bits per heavy atom. The SMILES string of the molecule is COc1ccc(N2CCN(CCNC(=O)[C@@H]3c4ccccc4C(=O)N(CC(C)C)[C@H]3c3cccs3)CC2)cc1. The number of nitrogens with zero attached hydrogens (tertiary/aromatic N) is 3. The second kappa shape index (κ2) is 12.2. The Bertz CT molecular complexity index is 1250. The number of piperazine rings is 1. The fourth-order valence-corrected chi connectivity index (χ4v) is 6.59. The third-order valence-electron chi connectivity index (χ3n) is 7.65. The topological polar surface area (TPSA) is 65.1 Å². The number of thiophene rings is 1. The summed E-state index contributed by atoms with van der Waals surface area (Å²) in [5.41, 5.74) is 2.67. The van der Waals surface area contributed by atoms with Gasteiger partial charge in [0, 0.05) is 61.9 Å². The second-order valence-corrected chi connectivity index (χ2v) is 11.7. The molecule has 0 unspecified atom stereocenters. The normalized spacial score (nSPS) is 19.7. The number of methoxy groups -OCH3 is 1. The predicted octanol–water partition coefficient (Wildman–Crippen LogP) is 4.63. The van der Waals surface area contributed by atoms with Crippen LogP contribution < -0.4 is 15.0 Å². The van der Waals surface area contributed by atoms with Crippen molar-refractivity contribution in [1.82, 2.24) is 15.1 Å². The van der Waals surface area contributed by atoms with Crippen LogP contribution in [-0.2, 0) is 4.79 Å². The molecule has 3 aromatic rings. The van der Waals surface area contributed by atoms with Gasteiger partial charge in [0.2, 0.25) is 5.91 Å². The van der Waals surface area contributed by atoms with Crippen molar-refractivity contribution in [1.29, 1.82) is 0 Å². The van der Waals surface area contributed by atoms with Crippen LogP contribution in [0.5, 0.6) is 5.75 Å². The lowest BCUT2D eigenvalue weighted by molar-refractivity contribution is -0.124. The van der Waals surface area contributed by atoms with Gasteiger partial charge in [0.1, 0.15) is 5.75 Å². The summed E-state index contributed by atoms with van der Waals surface area (Å²) in [4.78, 5) is 35.2. The van der Waals surface area contributed by atoms with Crippen LogP contribution in [0.2, 0.25) is 0 Å². The Balaban J connectivity index is 1.25. The molecule has 0 bridgehead atoms. The highest BCUT2D eigenvalue weighted by Gasteiger charge is 2.44. The molecule has 0 saturated carbocycles. The van der Waals surface area contributed by atoms with E-state index in [1.54, 1.807) is 18.4 Å². The van der Waals surface area contributed by atoms with Crippen LogP contribution in [0, 0.1) is 5.92 Å². The van der Waals surface area contributed by atoms with Crippen LogP contribution >= 0.6 is 11.3 Å². The molecule has 5 rings (SSSR count). The lowest BCUT2D eigenvalue weighted by atomic mass is 9.81. The van der Waals surface area contributed by atoms with E-state index >= 15 is 0 Å². The zero-order chi connectivity index (χ0) is 27.4. The number of carbonyl (C=O) groups is 2. The van der Waals surface area contributed by atoms with Gasteiger partial charge in [-0.2, -0.15) is 0 Å². The summed E-state index contributed by atoms with van der Waals surface area (Å²) in [6, 6.07) is 19.6. The third-order valence-corrected chi connectivity index (χ3v) is 8.60. The number of rotatable bonds is 9. The van der Waals surface area contributed by atoms with Gasteiger partial charge < -0.3 is 19.9 Å². The molecular formula is C31H38N4O3S. The maximum absolute atomic E-state index is 13.9. The molecule has 2 aliphatic rings. The molecule has 206 valence electrons. The molecule has 1 aromatic heterocycles. The quantitative estimate of drug-likeness (QED) is 0.424. The van der Waals surface area contributed by atoms with E-state index in [2.05, 4.69) is 41.1 Å². The van der Waals surface area contributed by atoms with Crippen LogP contribution in [-0.4, -0.2) is 74.5 Å². The fraction of sp³-hybridized carbons (Fsp3) is 0.419. The number of nitrogens with one attached hydrogen (secondary N) is 1. The van der Waals surface area contributed by atoms with Crippen LogP contribution in [0.25, 0.3) is 0 Å². The minimum absolute atomic E-state index is 0.0106. The molecule has 2 aliphatic heterocycles. The van der Waals surface area contributed by atoms with Crippen molar-refractivity contribution in [3.63, 3.8) is 0 Å². The average molecular weight is 547 g/mol. The molecule has 1 N–H and O–H groups in total. The van der Waals surface area contributed by atoms with Crippen LogP contribution in [0.3, 0.4) is 0 Å². The number of hydrogen-bond acceptors (Lipinski definition) is 6. The van der Waals surface area contributed by atoms with E-state index < -0.39 is 5.92 Å². The molecule has 0 aliphatic carbocycles. The van der Waals surface area contributed by atoms with Crippen molar-refractivity contribution < 1.29 is 14.3 Å². The summed E-state index contributed by atoms with van der Waals surface area (Å²) in [7, 11) is 1.68. The summed E-state index contributed by atoms with van der Waals surface area (Å²) in [6.45, 7) is 10.0. The Kier molecular flexibility index (Phi) is 8.53.